The number of thiophene rings is 1. The van der Waals surface area contributed by atoms with Crippen LogP contribution in [0.25, 0.3) is 16.2 Å². The molecule has 1 N–H and O–H groups in total. The molecule has 0 saturated heterocycles. The van der Waals surface area contributed by atoms with E-state index in [-0.39, 0.29) is 10.9 Å². The lowest BCUT2D eigenvalue weighted by molar-refractivity contribution is 0.589. The Balaban J connectivity index is 2.02. The van der Waals surface area contributed by atoms with E-state index < -0.39 is 10.0 Å². The van der Waals surface area contributed by atoms with Crippen LogP contribution in [0.15, 0.2) is 34.6 Å². The van der Waals surface area contributed by atoms with Crippen molar-refractivity contribution in [2.75, 3.05) is 0 Å². The van der Waals surface area contributed by atoms with E-state index in [9.17, 15) is 8.42 Å². The minimum absolute atomic E-state index is 0.00373. The molecule has 1 saturated carbocycles. The van der Waals surface area contributed by atoms with E-state index in [0.717, 1.165) is 28.5 Å². The molecule has 1 fully saturated rings. The van der Waals surface area contributed by atoms with Gasteiger partial charge in [0, 0.05) is 10.7 Å². The first kappa shape index (κ1) is 13.3. The van der Waals surface area contributed by atoms with E-state index in [1.54, 1.807) is 6.07 Å². The number of nitrogens with one attached hydrogen (secondary N) is 1. The number of benzene rings is 1. The lowest BCUT2D eigenvalue weighted by atomic mass is 10.2. The number of nitriles is 1. The second kappa shape index (κ2) is 5.02. The summed E-state index contributed by atoms with van der Waals surface area (Å²) in [5.41, 5.74) is 0.767. The molecule has 0 radical (unpaired) electrons. The van der Waals surface area contributed by atoms with Gasteiger partial charge >= 0.3 is 0 Å². The molecule has 6 heteroatoms. The molecule has 1 aliphatic carbocycles. The molecule has 20 heavy (non-hydrogen) atoms. The number of nitrogens with zero attached hydrogens (tertiary/aromatic N) is 1. The van der Waals surface area contributed by atoms with E-state index in [2.05, 4.69) is 4.72 Å². The van der Waals surface area contributed by atoms with Gasteiger partial charge in [0.05, 0.1) is 0 Å². The fourth-order valence-corrected chi connectivity index (χ4v) is 4.03. The lowest BCUT2D eigenvalue weighted by Gasteiger charge is -2.03. The molecule has 1 aromatic carbocycles. The highest BCUT2D eigenvalue weighted by molar-refractivity contribution is 7.93. The highest BCUT2D eigenvalue weighted by Crippen LogP contribution is 2.28. The number of allylic oxidation sites excluding steroid dienone is 1. The number of hydrogen-bond donors (Lipinski definition) is 1. The van der Waals surface area contributed by atoms with Gasteiger partial charge in [0.25, 0.3) is 10.0 Å². The van der Waals surface area contributed by atoms with Crippen molar-refractivity contribution >= 4 is 37.5 Å². The lowest BCUT2D eigenvalue weighted by Crippen LogP contribution is -2.26. The molecule has 1 aliphatic rings. The maximum atomic E-state index is 12.1. The van der Waals surface area contributed by atoms with Crippen molar-refractivity contribution < 1.29 is 8.42 Å². The second-order valence-corrected chi connectivity index (χ2v) is 7.30. The van der Waals surface area contributed by atoms with Crippen LogP contribution in [-0.4, -0.2) is 14.5 Å². The van der Waals surface area contributed by atoms with Gasteiger partial charge in [-0.15, -0.1) is 11.3 Å². The Labute approximate surface area is 121 Å². The minimum atomic E-state index is -3.70. The summed E-state index contributed by atoms with van der Waals surface area (Å²) < 4.78 is 27.8. The van der Waals surface area contributed by atoms with Crippen molar-refractivity contribution in [2.45, 2.75) is 18.9 Å². The first-order valence-electron chi connectivity index (χ1n) is 6.20. The summed E-state index contributed by atoms with van der Waals surface area (Å²) in [5, 5.41) is 12.0. The zero-order valence-corrected chi connectivity index (χ0v) is 12.2. The third-order valence-corrected chi connectivity index (χ3v) is 5.51. The molecular weight excluding hydrogens is 292 g/mol. The largest absolute Gasteiger partial charge is 0.250 e. The number of rotatable bonds is 4. The minimum Gasteiger partial charge on any atom is -0.207 e. The van der Waals surface area contributed by atoms with Gasteiger partial charge in [-0.25, -0.2) is 13.1 Å². The molecule has 0 bridgehead atoms. The number of hydrogen-bond acceptors (Lipinski definition) is 4. The van der Waals surface area contributed by atoms with Crippen LogP contribution in [0.3, 0.4) is 0 Å². The van der Waals surface area contributed by atoms with Crippen molar-refractivity contribution in [3.05, 3.63) is 40.1 Å². The van der Waals surface area contributed by atoms with E-state index in [0.29, 0.717) is 0 Å². The van der Waals surface area contributed by atoms with Gasteiger partial charge in [0.2, 0.25) is 0 Å². The maximum absolute atomic E-state index is 12.1. The predicted molar refractivity (Wildman–Crippen MR) is 80.5 cm³/mol. The van der Waals surface area contributed by atoms with Crippen LogP contribution < -0.4 is 4.72 Å². The topological polar surface area (TPSA) is 70.0 Å². The van der Waals surface area contributed by atoms with Crippen molar-refractivity contribution in [3.8, 4) is 6.07 Å². The van der Waals surface area contributed by atoms with Crippen LogP contribution in [0.4, 0.5) is 0 Å². The van der Waals surface area contributed by atoms with Crippen LogP contribution in [-0.2, 0) is 10.0 Å². The molecule has 0 unspecified atom stereocenters. The molecule has 1 heterocycles. The van der Waals surface area contributed by atoms with Crippen LogP contribution >= 0.6 is 11.3 Å². The fraction of sp³-hybridized carbons (Fsp3) is 0.214. The highest BCUT2D eigenvalue weighted by Gasteiger charge is 2.29. The van der Waals surface area contributed by atoms with Gasteiger partial charge in [-0.1, -0.05) is 18.2 Å². The van der Waals surface area contributed by atoms with Crippen molar-refractivity contribution in [1.82, 2.24) is 4.72 Å². The first-order valence-corrected chi connectivity index (χ1v) is 8.57. The smallest absolute Gasteiger partial charge is 0.207 e. The normalized spacial score (nSPS) is 16.2. The first-order chi connectivity index (χ1) is 9.60. The second-order valence-electron chi connectivity index (χ2n) is 4.70. The molecule has 102 valence electrons. The van der Waals surface area contributed by atoms with Crippen LogP contribution in [0.5, 0.6) is 0 Å². The zero-order chi connectivity index (χ0) is 14.2. The summed E-state index contributed by atoms with van der Waals surface area (Å²) in [7, 11) is -3.70. The molecule has 2 aromatic rings. The van der Waals surface area contributed by atoms with Gasteiger partial charge in [0.15, 0.2) is 4.91 Å². The maximum Gasteiger partial charge on any atom is 0.250 e. The Morgan fingerprint density at radius 1 is 1.40 bits per heavy atom. The van der Waals surface area contributed by atoms with Gasteiger partial charge in [0.1, 0.15) is 6.07 Å². The zero-order valence-electron chi connectivity index (χ0n) is 10.5. The molecule has 0 atom stereocenters. The standard InChI is InChI=1S/C14H12N2O2S2/c15-8-12(20(17,18)16-11-5-6-11)7-10-9-19-14-4-2-1-3-13(10)14/h1-4,7,9,11,16H,5-6H2. The van der Waals surface area contributed by atoms with Gasteiger partial charge in [-0.3, -0.25) is 0 Å². The SMILES string of the molecule is N#CC(=Cc1csc2ccccc12)S(=O)(=O)NC1CC1. The Hall–Kier alpha value is -1.68. The summed E-state index contributed by atoms with van der Waals surface area (Å²) in [6.45, 7) is 0. The molecular formula is C14H12N2O2S2. The third-order valence-electron chi connectivity index (χ3n) is 3.10. The molecule has 3 rings (SSSR count). The number of sulfonamides is 1. The molecule has 0 aliphatic heterocycles. The quantitative estimate of drug-likeness (QED) is 0.883. The Kier molecular flexibility index (Phi) is 3.34. The summed E-state index contributed by atoms with van der Waals surface area (Å²) in [4.78, 5) is -0.229. The predicted octanol–water partition coefficient (Wildman–Crippen LogP) is 2.85. The summed E-state index contributed by atoms with van der Waals surface area (Å²) in [6.07, 6.45) is 3.14. The summed E-state index contributed by atoms with van der Waals surface area (Å²) in [6, 6.07) is 9.52. The van der Waals surface area contributed by atoms with Crippen molar-refractivity contribution in [2.24, 2.45) is 0 Å². The van der Waals surface area contributed by atoms with Gasteiger partial charge in [-0.2, -0.15) is 5.26 Å². The summed E-state index contributed by atoms with van der Waals surface area (Å²) in [5.74, 6) is 0. The Morgan fingerprint density at radius 3 is 2.85 bits per heavy atom. The van der Waals surface area contributed by atoms with E-state index in [1.165, 1.54) is 17.4 Å². The highest BCUT2D eigenvalue weighted by atomic mass is 32.2. The van der Waals surface area contributed by atoms with Gasteiger partial charge < -0.3 is 0 Å². The average molecular weight is 304 g/mol. The number of fused-ring (bicyclic) bond motifs is 1. The Morgan fingerprint density at radius 2 is 2.15 bits per heavy atom. The van der Waals surface area contributed by atoms with E-state index in [4.69, 9.17) is 5.26 Å². The fourth-order valence-electron chi connectivity index (χ4n) is 1.91. The van der Waals surface area contributed by atoms with E-state index >= 15 is 0 Å². The third kappa shape index (κ3) is 2.61. The molecule has 1 aromatic heterocycles. The molecule has 0 amide bonds. The van der Waals surface area contributed by atoms with Crippen LogP contribution in [0.2, 0.25) is 0 Å². The molecule has 0 spiro atoms. The summed E-state index contributed by atoms with van der Waals surface area (Å²) >= 11 is 1.53. The average Bonchev–Trinajstić information content (AvgIpc) is 3.14. The van der Waals surface area contributed by atoms with Crippen molar-refractivity contribution in [1.29, 1.82) is 5.26 Å². The van der Waals surface area contributed by atoms with Gasteiger partial charge in [-0.05, 0) is 41.3 Å². The van der Waals surface area contributed by atoms with Crippen molar-refractivity contribution in [3.63, 3.8) is 0 Å². The van der Waals surface area contributed by atoms with Crippen LogP contribution in [0, 0.1) is 11.3 Å². The van der Waals surface area contributed by atoms with E-state index in [1.807, 2.05) is 29.6 Å². The molecule has 4 nitrogen and oxygen atoms in total. The van der Waals surface area contributed by atoms with Crippen LogP contribution in [0.1, 0.15) is 18.4 Å². The Bertz CT molecular complexity index is 824. The monoisotopic (exact) mass is 304 g/mol.